The van der Waals surface area contributed by atoms with Crippen LogP contribution in [0.4, 0.5) is 0 Å². The van der Waals surface area contributed by atoms with Crippen molar-refractivity contribution < 1.29 is 8.42 Å². The van der Waals surface area contributed by atoms with Gasteiger partial charge < -0.3 is 0 Å². The fraction of sp³-hybridized carbons (Fsp3) is 0.545. The van der Waals surface area contributed by atoms with Crippen LogP contribution in [0.3, 0.4) is 0 Å². The van der Waals surface area contributed by atoms with E-state index in [0.29, 0.717) is 12.1 Å². The van der Waals surface area contributed by atoms with Gasteiger partial charge in [-0.15, -0.1) is 0 Å². The van der Waals surface area contributed by atoms with Gasteiger partial charge in [-0.05, 0) is 12.1 Å². The van der Waals surface area contributed by atoms with E-state index in [1.165, 1.54) is 0 Å². The molecule has 90 valence electrons. The lowest BCUT2D eigenvalue weighted by Gasteiger charge is -2.14. The van der Waals surface area contributed by atoms with Crippen LogP contribution in [0.1, 0.15) is 6.42 Å². The zero-order chi connectivity index (χ0) is 12.2. The van der Waals surface area contributed by atoms with Gasteiger partial charge in [-0.25, -0.2) is 8.42 Å². The second kappa shape index (κ2) is 5.10. The van der Waals surface area contributed by atoms with Crippen molar-refractivity contribution in [3.8, 4) is 0 Å². The van der Waals surface area contributed by atoms with Gasteiger partial charge >= 0.3 is 0 Å². The van der Waals surface area contributed by atoms with Crippen LogP contribution in [0.2, 0.25) is 25.7 Å². The first-order valence-electron chi connectivity index (χ1n) is 5.43. The molecular formula is C11H19NO2SSi. The third kappa shape index (κ3) is 5.41. The van der Waals surface area contributed by atoms with Gasteiger partial charge in [0.2, 0.25) is 0 Å². The highest BCUT2D eigenvalue weighted by Crippen LogP contribution is 2.12. The molecule has 0 heterocycles. The summed E-state index contributed by atoms with van der Waals surface area (Å²) in [7, 11) is -4.59. The highest BCUT2D eigenvalue weighted by atomic mass is 32.2. The first kappa shape index (κ1) is 13.4. The Morgan fingerprint density at radius 3 is 2.50 bits per heavy atom. The molecule has 0 radical (unpaired) electrons. The smallest absolute Gasteiger partial charge is 0.205 e. The van der Waals surface area contributed by atoms with Gasteiger partial charge in [-0.3, -0.25) is 0 Å². The number of rotatable bonds is 4. The van der Waals surface area contributed by atoms with Gasteiger partial charge in [0.15, 0.2) is 0 Å². The van der Waals surface area contributed by atoms with Crippen molar-refractivity contribution in [2.75, 3.05) is 5.75 Å². The Kier molecular flexibility index (Phi) is 4.26. The van der Waals surface area contributed by atoms with E-state index in [-0.39, 0.29) is 5.75 Å². The molecule has 0 saturated heterocycles. The van der Waals surface area contributed by atoms with E-state index in [4.69, 9.17) is 0 Å². The van der Waals surface area contributed by atoms with E-state index in [0.717, 1.165) is 6.04 Å². The zero-order valence-corrected chi connectivity index (χ0v) is 11.9. The molecule has 1 aliphatic rings. The SMILES string of the molecule is C[Si](C)(C)CCS(=O)(=O)N=C1C=CC=CC1. The Hall–Kier alpha value is -0.683. The monoisotopic (exact) mass is 257 g/mol. The first-order chi connectivity index (χ1) is 7.29. The Balaban J connectivity index is 2.65. The van der Waals surface area contributed by atoms with E-state index in [1.54, 1.807) is 6.08 Å². The van der Waals surface area contributed by atoms with Gasteiger partial charge in [0, 0.05) is 14.5 Å². The largest absolute Gasteiger partial charge is 0.253 e. The van der Waals surface area contributed by atoms with Crippen molar-refractivity contribution >= 4 is 23.8 Å². The summed E-state index contributed by atoms with van der Waals surface area (Å²) in [6.45, 7) is 6.50. The third-order valence-electron chi connectivity index (χ3n) is 2.23. The molecule has 0 aromatic carbocycles. The van der Waals surface area contributed by atoms with E-state index in [9.17, 15) is 8.42 Å². The number of hydrogen-bond donors (Lipinski definition) is 0. The summed E-state index contributed by atoms with van der Waals surface area (Å²) in [6, 6.07) is 0.770. The second-order valence-corrected chi connectivity index (χ2v) is 12.5. The quantitative estimate of drug-likeness (QED) is 0.727. The van der Waals surface area contributed by atoms with E-state index in [2.05, 4.69) is 24.0 Å². The number of hydrogen-bond acceptors (Lipinski definition) is 2. The maximum atomic E-state index is 11.7. The molecule has 0 amide bonds. The highest BCUT2D eigenvalue weighted by Gasteiger charge is 2.18. The summed E-state index contributed by atoms with van der Waals surface area (Å²) < 4.78 is 27.3. The molecule has 0 fully saturated rings. The van der Waals surface area contributed by atoms with Crippen LogP contribution in [0.25, 0.3) is 0 Å². The topological polar surface area (TPSA) is 46.5 Å². The minimum absolute atomic E-state index is 0.184. The van der Waals surface area contributed by atoms with Crippen molar-refractivity contribution in [1.29, 1.82) is 0 Å². The van der Waals surface area contributed by atoms with E-state index >= 15 is 0 Å². The molecule has 1 aliphatic carbocycles. The summed E-state index contributed by atoms with van der Waals surface area (Å²) >= 11 is 0. The molecule has 0 saturated carbocycles. The van der Waals surface area contributed by atoms with Crippen LogP contribution < -0.4 is 0 Å². The lowest BCUT2D eigenvalue weighted by atomic mass is 10.2. The number of sulfonamides is 1. The Bertz CT molecular complexity index is 427. The number of nitrogens with zero attached hydrogens (tertiary/aromatic N) is 1. The molecular weight excluding hydrogens is 238 g/mol. The molecule has 0 aliphatic heterocycles. The van der Waals surface area contributed by atoms with Gasteiger partial charge in [0.25, 0.3) is 10.0 Å². The van der Waals surface area contributed by atoms with Crippen LogP contribution in [0.5, 0.6) is 0 Å². The van der Waals surface area contributed by atoms with E-state index in [1.807, 2.05) is 18.2 Å². The molecule has 0 bridgehead atoms. The lowest BCUT2D eigenvalue weighted by molar-refractivity contribution is 0.599. The Labute approximate surface area is 99.0 Å². The molecule has 0 N–H and O–H groups in total. The molecule has 0 unspecified atom stereocenters. The molecule has 5 heteroatoms. The average molecular weight is 257 g/mol. The van der Waals surface area contributed by atoms with E-state index < -0.39 is 18.1 Å². The summed E-state index contributed by atoms with van der Waals surface area (Å²) in [5.74, 6) is 0.184. The Morgan fingerprint density at radius 1 is 1.31 bits per heavy atom. The summed E-state index contributed by atoms with van der Waals surface area (Å²) in [5.41, 5.74) is 0.637. The van der Waals surface area contributed by atoms with Crippen molar-refractivity contribution in [2.45, 2.75) is 32.1 Å². The third-order valence-corrected chi connectivity index (χ3v) is 5.57. The predicted molar refractivity (Wildman–Crippen MR) is 72.3 cm³/mol. The first-order valence-corrected chi connectivity index (χ1v) is 10.7. The maximum absolute atomic E-state index is 11.7. The molecule has 0 atom stereocenters. The maximum Gasteiger partial charge on any atom is 0.253 e. The van der Waals surface area contributed by atoms with Crippen LogP contribution in [-0.2, 0) is 10.0 Å². The highest BCUT2D eigenvalue weighted by molar-refractivity contribution is 7.90. The van der Waals surface area contributed by atoms with Crippen molar-refractivity contribution in [3.63, 3.8) is 0 Å². The molecule has 3 nitrogen and oxygen atoms in total. The molecule has 0 aromatic rings. The van der Waals surface area contributed by atoms with Crippen molar-refractivity contribution in [1.82, 2.24) is 0 Å². The van der Waals surface area contributed by atoms with Gasteiger partial charge in [0.05, 0.1) is 11.5 Å². The molecule has 16 heavy (non-hydrogen) atoms. The van der Waals surface area contributed by atoms with Gasteiger partial charge in [0.1, 0.15) is 0 Å². The standard InChI is InChI=1S/C11H19NO2SSi/c1-16(2,3)10-9-15(13,14)12-11-7-5-4-6-8-11/h4-7H,8-10H2,1-3H3. The van der Waals surface area contributed by atoms with Crippen LogP contribution in [0.15, 0.2) is 28.7 Å². The Morgan fingerprint density at radius 2 is 2.00 bits per heavy atom. The average Bonchev–Trinajstić information content (AvgIpc) is 2.15. The summed E-state index contributed by atoms with van der Waals surface area (Å²) in [5, 5.41) is 0. The second-order valence-electron chi connectivity index (χ2n) is 5.17. The van der Waals surface area contributed by atoms with Crippen molar-refractivity contribution in [2.24, 2.45) is 4.40 Å². The fourth-order valence-corrected chi connectivity index (χ4v) is 5.29. The molecule has 1 rings (SSSR count). The summed E-state index contributed by atoms with van der Waals surface area (Å²) in [6.07, 6.45) is 7.99. The number of allylic oxidation sites excluding steroid dienone is 4. The van der Waals surface area contributed by atoms with Crippen LogP contribution >= 0.6 is 0 Å². The minimum atomic E-state index is -3.28. The van der Waals surface area contributed by atoms with Gasteiger partial charge in [-0.2, -0.15) is 4.40 Å². The zero-order valence-electron chi connectivity index (χ0n) is 10.1. The predicted octanol–water partition coefficient (Wildman–Crippen LogP) is 2.61. The minimum Gasteiger partial charge on any atom is -0.205 e. The van der Waals surface area contributed by atoms with Crippen LogP contribution in [-0.4, -0.2) is 28.0 Å². The van der Waals surface area contributed by atoms with Crippen LogP contribution in [0, 0.1) is 0 Å². The molecule has 0 spiro atoms. The lowest BCUT2D eigenvalue weighted by Crippen LogP contribution is -2.23. The molecule has 0 aromatic heterocycles. The fourth-order valence-electron chi connectivity index (χ4n) is 1.23. The normalized spacial score (nSPS) is 19.3. The van der Waals surface area contributed by atoms with Crippen molar-refractivity contribution in [3.05, 3.63) is 24.3 Å². The summed E-state index contributed by atoms with van der Waals surface area (Å²) in [4.78, 5) is 0. The van der Waals surface area contributed by atoms with Gasteiger partial charge in [-0.1, -0.05) is 37.9 Å².